The van der Waals surface area contributed by atoms with Crippen molar-refractivity contribution in [3.8, 4) is 0 Å². The molecule has 0 bridgehead atoms. The second kappa shape index (κ2) is 5.13. The van der Waals surface area contributed by atoms with E-state index in [1.165, 1.54) is 51.7 Å². The molecule has 0 amide bonds. The summed E-state index contributed by atoms with van der Waals surface area (Å²) in [6, 6.07) is 0.775. The summed E-state index contributed by atoms with van der Waals surface area (Å²) in [6.07, 6.45) is 7.18. The molecule has 2 N–H and O–H groups in total. The maximum Gasteiger partial charge on any atom is 0.0117 e. The average molecular weight is 196 g/mol. The van der Waals surface area contributed by atoms with Crippen LogP contribution in [0.3, 0.4) is 0 Å². The fourth-order valence-electron chi connectivity index (χ4n) is 2.85. The van der Waals surface area contributed by atoms with Gasteiger partial charge >= 0.3 is 0 Å². The molecule has 2 atom stereocenters. The molecule has 2 heteroatoms. The van der Waals surface area contributed by atoms with Gasteiger partial charge in [0.05, 0.1) is 0 Å². The molecule has 2 nitrogen and oxygen atoms in total. The van der Waals surface area contributed by atoms with Gasteiger partial charge in [-0.1, -0.05) is 19.8 Å². The molecule has 1 aliphatic carbocycles. The summed E-state index contributed by atoms with van der Waals surface area (Å²) in [5, 5.41) is 7.23. The van der Waals surface area contributed by atoms with E-state index in [-0.39, 0.29) is 0 Å². The molecular weight excluding hydrogens is 172 g/mol. The van der Waals surface area contributed by atoms with Crippen LogP contribution in [0.25, 0.3) is 0 Å². The highest BCUT2D eigenvalue weighted by Gasteiger charge is 2.22. The third-order valence-electron chi connectivity index (χ3n) is 3.93. The molecule has 2 unspecified atom stereocenters. The molecule has 2 rings (SSSR count). The number of rotatable bonds is 3. The van der Waals surface area contributed by atoms with Crippen molar-refractivity contribution in [3.63, 3.8) is 0 Å². The molecule has 1 saturated heterocycles. The van der Waals surface area contributed by atoms with E-state index in [1.807, 2.05) is 0 Å². The Morgan fingerprint density at radius 3 is 2.71 bits per heavy atom. The van der Waals surface area contributed by atoms with E-state index < -0.39 is 0 Å². The van der Waals surface area contributed by atoms with Gasteiger partial charge in [0.2, 0.25) is 0 Å². The van der Waals surface area contributed by atoms with Crippen molar-refractivity contribution in [1.29, 1.82) is 0 Å². The Labute approximate surface area is 87.8 Å². The largest absolute Gasteiger partial charge is 0.316 e. The van der Waals surface area contributed by atoms with Crippen molar-refractivity contribution in [2.45, 2.75) is 45.1 Å². The van der Waals surface area contributed by atoms with Crippen molar-refractivity contribution in [3.05, 3.63) is 0 Å². The molecule has 0 aromatic heterocycles. The Balaban J connectivity index is 1.67. The van der Waals surface area contributed by atoms with Crippen LogP contribution in [0.5, 0.6) is 0 Å². The van der Waals surface area contributed by atoms with Crippen molar-refractivity contribution in [2.75, 3.05) is 19.6 Å². The molecule has 0 spiro atoms. The zero-order valence-electron chi connectivity index (χ0n) is 9.39. The lowest BCUT2D eigenvalue weighted by Crippen LogP contribution is -2.47. The monoisotopic (exact) mass is 196 g/mol. The summed E-state index contributed by atoms with van der Waals surface area (Å²) >= 11 is 0. The first-order valence-electron chi connectivity index (χ1n) is 6.30. The van der Waals surface area contributed by atoms with Gasteiger partial charge in [-0.25, -0.2) is 0 Å². The Kier molecular flexibility index (Phi) is 3.82. The lowest BCUT2D eigenvalue weighted by Gasteiger charge is -2.31. The molecule has 82 valence electrons. The fraction of sp³-hybridized carbons (Fsp3) is 1.00. The first-order valence-corrected chi connectivity index (χ1v) is 6.30. The first kappa shape index (κ1) is 10.4. The molecule has 1 heterocycles. The van der Waals surface area contributed by atoms with E-state index in [4.69, 9.17) is 0 Å². The molecule has 0 aromatic rings. The van der Waals surface area contributed by atoms with Crippen molar-refractivity contribution in [2.24, 2.45) is 11.8 Å². The van der Waals surface area contributed by atoms with Gasteiger partial charge in [-0.3, -0.25) is 0 Å². The van der Waals surface area contributed by atoms with Crippen LogP contribution in [0.1, 0.15) is 39.0 Å². The smallest absolute Gasteiger partial charge is 0.0117 e. The van der Waals surface area contributed by atoms with E-state index in [1.54, 1.807) is 0 Å². The van der Waals surface area contributed by atoms with Crippen LogP contribution in [-0.2, 0) is 0 Å². The summed E-state index contributed by atoms with van der Waals surface area (Å²) in [5.41, 5.74) is 0. The number of nitrogens with one attached hydrogen (secondary N) is 2. The fourth-order valence-corrected chi connectivity index (χ4v) is 2.85. The van der Waals surface area contributed by atoms with Gasteiger partial charge in [0.25, 0.3) is 0 Å². The second-order valence-electron chi connectivity index (χ2n) is 5.14. The molecule has 0 aromatic carbocycles. The number of hydrogen-bond acceptors (Lipinski definition) is 2. The molecular formula is C12H24N2. The van der Waals surface area contributed by atoms with E-state index in [9.17, 15) is 0 Å². The number of hydrogen-bond donors (Lipinski definition) is 2. The molecule has 1 aliphatic heterocycles. The summed E-state index contributed by atoms with van der Waals surface area (Å²) in [5.74, 6) is 1.79. The van der Waals surface area contributed by atoms with Gasteiger partial charge in [0.15, 0.2) is 0 Å². The minimum Gasteiger partial charge on any atom is -0.316 e. The second-order valence-corrected chi connectivity index (χ2v) is 5.14. The van der Waals surface area contributed by atoms with Crippen LogP contribution in [0.2, 0.25) is 0 Å². The van der Waals surface area contributed by atoms with E-state index >= 15 is 0 Å². The van der Waals surface area contributed by atoms with Crippen molar-refractivity contribution in [1.82, 2.24) is 10.6 Å². The third kappa shape index (κ3) is 2.71. The van der Waals surface area contributed by atoms with E-state index in [0.29, 0.717) is 0 Å². The zero-order valence-corrected chi connectivity index (χ0v) is 9.39. The minimum atomic E-state index is 0.775. The van der Waals surface area contributed by atoms with Gasteiger partial charge in [0, 0.05) is 6.04 Å². The molecule has 2 fully saturated rings. The normalized spacial score (nSPS) is 34.9. The summed E-state index contributed by atoms with van der Waals surface area (Å²) in [4.78, 5) is 0. The summed E-state index contributed by atoms with van der Waals surface area (Å²) < 4.78 is 0. The highest BCUT2D eigenvalue weighted by Crippen LogP contribution is 2.24. The Bertz CT molecular complexity index is 164. The van der Waals surface area contributed by atoms with Gasteiger partial charge in [-0.2, -0.15) is 0 Å². The SMILES string of the molecule is CC1CNCCC1NCC1CCCC1. The molecule has 2 aliphatic rings. The van der Waals surface area contributed by atoms with Gasteiger partial charge in [0.1, 0.15) is 0 Å². The highest BCUT2D eigenvalue weighted by atomic mass is 15.0. The third-order valence-corrected chi connectivity index (χ3v) is 3.93. The van der Waals surface area contributed by atoms with E-state index in [2.05, 4.69) is 17.6 Å². The van der Waals surface area contributed by atoms with E-state index in [0.717, 1.165) is 17.9 Å². The van der Waals surface area contributed by atoms with Crippen LogP contribution < -0.4 is 10.6 Å². The highest BCUT2D eigenvalue weighted by molar-refractivity contribution is 4.82. The number of piperidine rings is 1. The van der Waals surface area contributed by atoms with Gasteiger partial charge in [-0.05, 0) is 50.7 Å². The van der Waals surface area contributed by atoms with Crippen LogP contribution in [-0.4, -0.2) is 25.7 Å². The average Bonchev–Trinajstić information content (AvgIpc) is 2.69. The predicted octanol–water partition coefficient (Wildman–Crippen LogP) is 1.76. The summed E-state index contributed by atoms with van der Waals surface area (Å²) in [6.45, 7) is 6.03. The minimum absolute atomic E-state index is 0.775. The molecule has 14 heavy (non-hydrogen) atoms. The Hall–Kier alpha value is -0.0800. The lowest BCUT2D eigenvalue weighted by atomic mass is 9.94. The standard InChI is InChI=1S/C12H24N2/c1-10-8-13-7-6-12(10)14-9-11-4-2-3-5-11/h10-14H,2-9H2,1H3. The van der Waals surface area contributed by atoms with Crippen LogP contribution in [0, 0.1) is 11.8 Å². The lowest BCUT2D eigenvalue weighted by molar-refractivity contribution is 0.283. The molecule has 1 saturated carbocycles. The molecule has 0 radical (unpaired) electrons. The van der Waals surface area contributed by atoms with Crippen molar-refractivity contribution >= 4 is 0 Å². The van der Waals surface area contributed by atoms with Crippen molar-refractivity contribution < 1.29 is 0 Å². The Morgan fingerprint density at radius 2 is 2.00 bits per heavy atom. The summed E-state index contributed by atoms with van der Waals surface area (Å²) in [7, 11) is 0. The first-order chi connectivity index (χ1) is 6.86. The van der Waals surface area contributed by atoms with Gasteiger partial charge < -0.3 is 10.6 Å². The van der Waals surface area contributed by atoms with Crippen LogP contribution in [0.4, 0.5) is 0 Å². The maximum atomic E-state index is 3.77. The quantitative estimate of drug-likeness (QED) is 0.719. The Morgan fingerprint density at radius 1 is 1.21 bits per heavy atom. The topological polar surface area (TPSA) is 24.1 Å². The van der Waals surface area contributed by atoms with Crippen LogP contribution >= 0.6 is 0 Å². The van der Waals surface area contributed by atoms with Gasteiger partial charge in [-0.15, -0.1) is 0 Å². The predicted molar refractivity (Wildman–Crippen MR) is 60.4 cm³/mol. The zero-order chi connectivity index (χ0) is 9.80. The van der Waals surface area contributed by atoms with Crippen LogP contribution in [0.15, 0.2) is 0 Å². The maximum absolute atomic E-state index is 3.77.